The fourth-order valence-electron chi connectivity index (χ4n) is 3.31. The first kappa shape index (κ1) is 22.4. The van der Waals surface area contributed by atoms with Crippen molar-refractivity contribution < 1.29 is 13.2 Å². The average molecular weight is 473 g/mol. The molecule has 2 aromatic rings. The Morgan fingerprint density at radius 1 is 1.21 bits per heavy atom. The monoisotopic (exact) mass is 472 g/mol. The maximum atomic E-state index is 13.2. The van der Waals surface area contributed by atoms with Gasteiger partial charge < -0.3 is 4.90 Å². The van der Waals surface area contributed by atoms with Gasteiger partial charge in [0, 0.05) is 18.1 Å². The van der Waals surface area contributed by atoms with Crippen molar-refractivity contribution in [2.75, 3.05) is 18.6 Å². The van der Waals surface area contributed by atoms with E-state index in [1.165, 1.54) is 23.8 Å². The molecule has 2 aromatic carbocycles. The molecule has 5 nitrogen and oxygen atoms in total. The largest absolute Gasteiger partial charge is 0.337 e. The quantitative estimate of drug-likeness (QED) is 0.661. The minimum atomic E-state index is -4.01. The molecule has 1 heterocycles. The Bertz CT molecular complexity index is 999. The summed E-state index contributed by atoms with van der Waals surface area (Å²) in [5, 5.41) is 0.319. The zero-order chi connectivity index (χ0) is 21.0. The van der Waals surface area contributed by atoms with Gasteiger partial charge in [-0.25, -0.2) is 8.42 Å². The summed E-state index contributed by atoms with van der Waals surface area (Å²) in [7, 11) is -4.01. The molecule has 156 valence electrons. The summed E-state index contributed by atoms with van der Waals surface area (Å²) in [6.45, 7) is 1.04. The number of amides is 1. The van der Waals surface area contributed by atoms with Crippen LogP contribution in [0.15, 0.2) is 47.4 Å². The van der Waals surface area contributed by atoms with Crippen molar-refractivity contribution in [2.24, 2.45) is 0 Å². The molecule has 1 atom stereocenters. The maximum Gasteiger partial charge on any atom is 0.242 e. The van der Waals surface area contributed by atoms with Gasteiger partial charge in [-0.15, -0.1) is 0 Å². The highest BCUT2D eigenvalue weighted by atomic mass is 35.5. The lowest BCUT2D eigenvalue weighted by Crippen LogP contribution is -2.50. The van der Waals surface area contributed by atoms with E-state index in [9.17, 15) is 13.2 Å². The topological polar surface area (TPSA) is 66.5 Å². The minimum Gasteiger partial charge on any atom is -0.337 e. The molecule has 0 fully saturated rings. The highest BCUT2D eigenvalue weighted by molar-refractivity contribution is 7.98. The first-order valence-electron chi connectivity index (χ1n) is 9.13. The van der Waals surface area contributed by atoms with Gasteiger partial charge in [0.1, 0.15) is 10.9 Å². The van der Waals surface area contributed by atoms with Gasteiger partial charge in [0.2, 0.25) is 15.9 Å². The third-order valence-corrected chi connectivity index (χ3v) is 7.66. The number of halogens is 2. The number of sulfonamides is 1. The van der Waals surface area contributed by atoms with Crippen molar-refractivity contribution in [3.8, 4) is 0 Å². The molecule has 1 N–H and O–H groups in total. The molecule has 1 aliphatic heterocycles. The molecule has 1 amide bonds. The van der Waals surface area contributed by atoms with Crippen LogP contribution in [-0.2, 0) is 27.8 Å². The summed E-state index contributed by atoms with van der Waals surface area (Å²) in [4.78, 5) is 14.8. The lowest BCUT2D eigenvalue weighted by Gasteiger charge is -2.32. The molecular formula is C20H22Cl2N2O3S2. The van der Waals surface area contributed by atoms with E-state index in [-0.39, 0.29) is 20.8 Å². The Morgan fingerprint density at radius 3 is 2.66 bits per heavy atom. The molecule has 1 aliphatic rings. The smallest absolute Gasteiger partial charge is 0.242 e. The number of thioether (sulfide) groups is 1. The van der Waals surface area contributed by atoms with Crippen LogP contribution in [0.5, 0.6) is 0 Å². The Morgan fingerprint density at radius 2 is 1.93 bits per heavy atom. The maximum absolute atomic E-state index is 13.2. The number of benzene rings is 2. The van der Waals surface area contributed by atoms with Crippen LogP contribution in [0, 0.1) is 0 Å². The summed E-state index contributed by atoms with van der Waals surface area (Å²) in [6.07, 6.45) is 3.06. The fourth-order valence-corrected chi connectivity index (χ4v) is 5.76. The molecule has 1 unspecified atom stereocenters. The number of fused-ring (bicyclic) bond motifs is 1. The second-order valence-corrected chi connectivity index (χ2v) is 10.3. The lowest BCUT2D eigenvalue weighted by atomic mass is 9.99. The Labute approximate surface area is 185 Å². The van der Waals surface area contributed by atoms with Crippen LogP contribution in [0.2, 0.25) is 10.0 Å². The predicted molar refractivity (Wildman–Crippen MR) is 119 cm³/mol. The lowest BCUT2D eigenvalue weighted by molar-refractivity contribution is -0.134. The van der Waals surface area contributed by atoms with E-state index in [1.54, 1.807) is 16.7 Å². The molecular weight excluding hydrogens is 451 g/mol. The molecule has 0 saturated heterocycles. The van der Waals surface area contributed by atoms with Gasteiger partial charge in [0.15, 0.2) is 0 Å². The van der Waals surface area contributed by atoms with Crippen molar-refractivity contribution in [2.45, 2.75) is 30.3 Å². The third-order valence-electron chi connectivity index (χ3n) is 4.83. The normalized spacial score (nSPS) is 15.1. The van der Waals surface area contributed by atoms with Gasteiger partial charge in [-0.3, -0.25) is 4.79 Å². The number of carbonyl (C=O) groups is 1. The van der Waals surface area contributed by atoms with E-state index in [1.807, 2.05) is 24.5 Å². The molecule has 0 bridgehead atoms. The van der Waals surface area contributed by atoms with Crippen LogP contribution in [-0.4, -0.2) is 43.8 Å². The van der Waals surface area contributed by atoms with Gasteiger partial charge in [0.25, 0.3) is 0 Å². The van der Waals surface area contributed by atoms with E-state index in [0.717, 1.165) is 12.0 Å². The van der Waals surface area contributed by atoms with Gasteiger partial charge in [-0.1, -0.05) is 47.5 Å². The first-order valence-corrected chi connectivity index (χ1v) is 12.8. The van der Waals surface area contributed by atoms with Gasteiger partial charge in [-0.05, 0) is 54.2 Å². The van der Waals surface area contributed by atoms with Crippen LogP contribution in [0.4, 0.5) is 0 Å². The standard InChI is InChI=1S/C20H22Cl2N2O3S2/c1-28-11-9-18(23-29(26,27)19-12-16(21)6-7-17(19)22)20(25)24-10-8-14-4-2-3-5-15(14)13-24/h2-7,12,18,23H,8-11,13H2,1H3. The number of nitrogens with one attached hydrogen (secondary N) is 1. The summed E-state index contributed by atoms with van der Waals surface area (Å²) >= 11 is 13.6. The Hall–Kier alpha value is -1.25. The molecule has 0 aliphatic carbocycles. The fraction of sp³-hybridized carbons (Fsp3) is 0.350. The van der Waals surface area contributed by atoms with Crippen molar-refractivity contribution in [3.05, 3.63) is 63.6 Å². The van der Waals surface area contributed by atoms with Gasteiger partial charge in [-0.2, -0.15) is 16.5 Å². The summed E-state index contributed by atoms with van der Waals surface area (Å²) in [6, 6.07) is 11.4. The highest BCUT2D eigenvalue weighted by Crippen LogP contribution is 2.26. The summed E-state index contributed by atoms with van der Waals surface area (Å²) < 4.78 is 28.4. The molecule has 0 radical (unpaired) electrons. The second kappa shape index (κ2) is 9.71. The molecule has 0 saturated carbocycles. The van der Waals surface area contributed by atoms with Crippen molar-refractivity contribution in [1.82, 2.24) is 9.62 Å². The summed E-state index contributed by atoms with van der Waals surface area (Å²) in [5.74, 6) is 0.419. The zero-order valence-electron chi connectivity index (χ0n) is 15.9. The molecule has 29 heavy (non-hydrogen) atoms. The SMILES string of the molecule is CSCCC(NS(=O)(=O)c1cc(Cl)ccc1Cl)C(=O)N1CCc2ccccc2C1. The number of hydrogen-bond donors (Lipinski definition) is 1. The van der Waals surface area contributed by atoms with Crippen LogP contribution in [0.25, 0.3) is 0 Å². The van der Waals surface area contributed by atoms with E-state index < -0.39 is 16.1 Å². The second-order valence-electron chi connectivity index (χ2n) is 6.81. The third kappa shape index (κ3) is 5.47. The van der Waals surface area contributed by atoms with Gasteiger partial charge in [0.05, 0.1) is 5.02 Å². The molecule has 9 heteroatoms. The van der Waals surface area contributed by atoms with Crippen molar-refractivity contribution >= 4 is 50.9 Å². The van der Waals surface area contributed by atoms with E-state index in [4.69, 9.17) is 23.2 Å². The van der Waals surface area contributed by atoms with Gasteiger partial charge >= 0.3 is 0 Å². The summed E-state index contributed by atoms with van der Waals surface area (Å²) in [5.41, 5.74) is 2.32. The predicted octanol–water partition coefficient (Wildman–Crippen LogP) is 3.98. The number of carbonyl (C=O) groups excluding carboxylic acids is 1. The number of rotatable bonds is 7. The average Bonchev–Trinajstić information content (AvgIpc) is 2.71. The van der Waals surface area contributed by atoms with Crippen LogP contribution < -0.4 is 4.72 Å². The van der Waals surface area contributed by atoms with E-state index >= 15 is 0 Å². The van der Waals surface area contributed by atoms with Crippen molar-refractivity contribution in [3.63, 3.8) is 0 Å². The van der Waals surface area contributed by atoms with E-state index in [2.05, 4.69) is 10.8 Å². The molecule has 0 aromatic heterocycles. The highest BCUT2D eigenvalue weighted by Gasteiger charge is 2.31. The number of nitrogens with zero attached hydrogens (tertiary/aromatic N) is 1. The molecule has 3 rings (SSSR count). The van der Waals surface area contributed by atoms with E-state index in [0.29, 0.717) is 25.3 Å². The van der Waals surface area contributed by atoms with Crippen LogP contribution >= 0.6 is 35.0 Å². The van der Waals surface area contributed by atoms with Crippen LogP contribution in [0.3, 0.4) is 0 Å². The Balaban J connectivity index is 1.82. The molecule has 0 spiro atoms. The van der Waals surface area contributed by atoms with Crippen molar-refractivity contribution in [1.29, 1.82) is 0 Å². The van der Waals surface area contributed by atoms with Crippen LogP contribution in [0.1, 0.15) is 17.5 Å². The number of hydrogen-bond acceptors (Lipinski definition) is 4. The zero-order valence-corrected chi connectivity index (χ0v) is 19.0. The minimum absolute atomic E-state index is 0.0601. The Kier molecular flexibility index (Phi) is 7.51. The first-order chi connectivity index (χ1) is 13.8.